The highest BCUT2D eigenvalue weighted by atomic mass is 35.5. The molecule has 7 heteroatoms. The second-order valence-electron chi connectivity index (χ2n) is 3.86. The number of hydrogen-bond donors (Lipinski definition) is 2. The van der Waals surface area contributed by atoms with Crippen molar-refractivity contribution in [2.24, 2.45) is 0 Å². The molecule has 0 bridgehead atoms. The summed E-state index contributed by atoms with van der Waals surface area (Å²) >= 11 is 5.79. The van der Waals surface area contributed by atoms with Crippen molar-refractivity contribution in [3.8, 4) is 0 Å². The Kier molecular flexibility index (Phi) is 3.75. The topological polar surface area (TPSA) is 78.3 Å². The van der Waals surface area contributed by atoms with Crippen LogP contribution >= 0.6 is 11.6 Å². The SMILES string of the molecule is O=C(NO)c1nc(N2CCCCC2)ncc1Cl. The maximum absolute atomic E-state index is 11.3. The average molecular weight is 257 g/mol. The van der Waals surface area contributed by atoms with Gasteiger partial charge in [0.15, 0.2) is 5.69 Å². The molecule has 0 aromatic carbocycles. The summed E-state index contributed by atoms with van der Waals surface area (Å²) in [4.78, 5) is 21.5. The first kappa shape index (κ1) is 12.1. The van der Waals surface area contributed by atoms with E-state index in [1.807, 2.05) is 4.90 Å². The van der Waals surface area contributed by atoms with Gasteiger partial charge in [-0.25, -0.2) is 15.4 Å². The highest BCUT2D eigenvalue weighted by Gasteiger charge is 2.18. The van der Waals surface area contributed by atoms with Crippen molar-refractivity contribution in [2.75, 3.05) is 18.0 Å². The summed E-state index contributed by atoms with van der Waals surface area (Å²) in [6.07, 6.45) is 4.76. The molecule has 2 N–H and O–H groups in total. The van der Waals surface area contributed by atoms with Crippen molar-refractivity contribution in [3.63, 3.8) is 0 Å². The molecule has 1 amide bonds. The van der Waals surface area contributed by atoms with Crippen molar-refractivity contribution >= 4 is 23.5 Å². The van der Waals surface area contributed by atoms with Crippen LogP contribution < -0.4 is 10.4 Å². The molecule has 6 nitrogen and oxygen atoms in total. The van der Waals surface area contributed by atoms with E-state index in [-0.39, 0.29) is 10.7 Å². The average Bonchev–Trinajstić information content (AvgIpc) is 2.39. The molecule has 0 aliphatic carbocycles. The summed E-state index contributed by atoms with van der Waals surface area (Å²) < 4.78 is 0. The molecule has 0 saturated carbocycles. The molecule has 0 unspecified atom stereocenters. The van der Waals surface area contributed by atoms with Crippen LogP contribution in [0.15, 0.2) is 6.20 Å². The molecule has 1 fully saturated rings. The molecule has 1 aliphatic rings. The zero-order chi connectivity index (χ0) is 12.3. The van der Waals surface area contributed by atoms with Gasteiger partial charge in [0.1, 0.15) is 0 Å². The van der Waals surface area contributed by atoms with Crippen LogP contribution in [0.2, 0.25) is 5.02 Å². The quantitative estimate of drug-likeness (QED) is 0.615. The number of anilines is 1. The zero-order valence-corrected chi connectivity index (χ0v) is 9.94. The van der Waals surface area contributed by atoms with Crippen LogP contribution in [-0.2, 0) is 0 Å². The number of rotatable bonds is 2. The monoisotopic (exact) mass is 256 g/mol. The highest BCUT2D eigenvalue weighted by Crippen LogP contribution is 2.19. The van der Waals surface area contributed by atoms with E-state index in [0.717, 1.165) is 25.9 Å². The fraction of sp³-hybridized carbons (Fsp3) is 0.500. The van der Waals surface area contributed by atoms with Crippen LogP contribution in [0.4, 0.5) is 5.95 Å². The lowest BCUT2D eigenvalue weighted by molar-refractivity contribution is 0.0701. The molecule has 1 aromatic heterocycles. The van der Waals surface area contributed by atoms with Crippen molar-refractivity contribution < 1.29 is 10.0 Å². The molecule has 0 atom stereocenters. The lowest BCUT2D eigenvalue weighted by Crippen LogP contribution is -2.32. The standard InChI is InChI=1S/C10H13ClN4O2/c11-7-6-12-10(13-8(7)9(16)14-17)15-4-2-1-3-5-15/h6,17H,1-5H2,(H,14,16). The van der Waals surface area contributed by atoms with E-state index in [4.69, 9.17) is 16.8 Å². The Hall–Kier alpha value is -1.40. The number of nitrogens with zero attached hydrogens (tertiary/aromatic N) is 3. The van der Waals surface area contributed by atoms with Gasteiger partial charge in [-0.15, -0.1) is 0 Å². The van der Waals surface area contributed by atoms with Gasteiger partial charge in [-0.05, 0) is 19.3 Å². The molecule has 0 spiro atoms. The maximum Gasteiger partial charge on any atom is 0.294 e. The van der Waals surface area contributed by atoms with E-state index in [2.05, 4.69) is 9.97 Å². The predicted molar refractivity (Wildman–Crippen MR) is 62.4 cm³/mol. The summed E-state index contributed by atoms with van der Waals surface area (Å²) in [5, 5.41) is 8.70. The fourth-order valence-corrected chi connectivity index (χ4v) is 1.99. The van der Waals surface area contributed by atoms with Crippen LogP contribution in [0.3, 0.4) is 0 Å². The lowest BCUT2D eigenvalue weighted by atomic mass is 10.1. The van der Waals surface area contributed by atoms with Crippen molar-refractivity contribution in [1.82, 2.24) is 15.4 Å². The summed E-state index contributed by atoms with van der Waals surface area (Å²) in [6.45, 7) is 1.75. The minimum atomic E-state index is -0.726. The third-order valence-electron chi connectivity index (χ3n) is 2.69. The molecule has 92 valence electrons. The van der Waals surface area contributed by atoms with Crippen LogP contribution in [0.25, 0.3) is 0 Å². The normalized spacial score (nSPS) is 15.8. The summed E-state index contributed by atoms with van der Waals surface area (Å²) in [6, 6.07) is 0. The van der Waals surface area contributed by atoms with E-state index in [0.29, 0.717) is 5.95 Å². The Balaban J connectivity index is 2.26. The maximum atomic E-state index is 11.3. The summed E-state index contributed by atoms with van der Waals surface area (Å²) in [5.74, 6) is -0.247. The molecular weight excluding hydrogens is 244 g/mol. The van der Waals surface area contributed by atoms with Gasteiger partial charge in [0.2, 0.25) is 5.95 Å². The lowest BCUT2D eigenvalue weighted by Gasteiger charge is -2.26. The molecule has 2 rings (SSSR count). The van der Waals surface area contributed by atoms with Gasteiger partial charge in [-0.3, -0.25) is 10.0 Å². The van der Waals surface area contributed by atoms with Crippen molar-refractivity contribution in [1.29, 1.82) is 0 Å². The second kappa shape index (κ2) is 5.29. The van der Waals surface area contributed by atoms with Crippen molar-refractivity contribution in [2.45, 2.75) is 19.3 Å². The van der Waals surface area contributed by atoms with Crippen molar-refractivity contribution in [3.05, 3.63) is 16.9 Å². The molecule has 1 aromatic rings. The number of aromatic nitrogens is 2. The van der Waals surface area contributed by atoms with E-state index in [9.17, 15) is 4.79 Å². The van der Waals surface area contributed by atoms with Gasteiger partial charge >= 0.3 is 0 Å². The van der Waals surface area contributed by atoms with Crippen LogP contribution in [-0.4, -0.2) is 34.2 Å². The Morgan fingerprint density at radius 2 is 2.12 bits per heavy atom. The van der Waals surface area contributed by atoms with Crippen LogP contribution in [0.5, 0.6) is 0 Å². The third-order valence-corrected chi connectivity index (χ3v) is 2.96. The van der Waals surface area contributed by atoms with Gasteiger partial charge < -0.3 is 4.90 Å². The molecule has 1 aliphatic heterocycles. The van der Waals surface area contributed by atoms with E-state index in [1.165, 1.54) is 18.1 Å². The number of nitrogens with one attached hydrogen (secondary N) is 1. The van der Waals surface area contributed by atoms with Gasteiger partial charge in [0.05, 0.1) is 11.2 Å². The summed E-state index contributed by atoms with van der Waals surface area (Å²) in [7, 11) is 0. The van der Waals surface area contributed by atoms with Crippen LogP contribution in [0, 0.1) is 0 Å². The Morgan fingerprint density at radius 3 is 2.76 bits per heavy atom. The van der Waals surface area contributed by atoms with Gasteiger partial charge in [0.25, 0.3) is 5.91 Å². The Morgan fingerprint density at radius 1 is 1.41 bits per heavy atom. The number of hydroxylamine groups is 1. The number of piperidine rings is 1. The molecular formula is C10H13ClN4O2. The predicted octanol–water partition coefficient (Wildman–Crippen LogP) is 1.24. The number of carbonyl (C=O) groups excluding carboxylic acids is 1. The molecule has 1 saturated heterocycles. The Labute approximate surface area is 104 Å². The molecule has 2 heterocycles. The minimum absolute atomic E-state index is 0.00950. The van der Waals surface area contributed by atoms with Gasteiger partial charge in [0, 0.05) is 13.1 Å². The molecule has 0 radical (unpaired) electrons. The van der Waals surface area contributed by atoms with E-state index in [1.54, 1.807) is 0 Å². The number of halogens is 1. The first-order valence-electron chi connectivity index (χ1n) is 5.44. The highest BCUT2D eigenvalue weighted by molar-refractivity contribution is 6.33. The zero-order valence-electron chi connectivity index (χ0n) is 9.19. The second-order valence-corrected chi connectivity index (χ2v) is 4.26. The summed E-state index contributed by atoms with van der Waals surface area (Å²) in [5.41, 5.74) is 1.51. The van der Waals surface area contributed by atoms with E-state index < -0.39 is 5.91 Å². The molecule has 17 heavy (non-hydrogen) atoms. The minimum Gasteiger partial charge on any atom is -0.341 e. The number of hydrogen-bond acceptors (Lipinski definition) is 5. The first-order valence-corrected chi connectivity index (χ1v) is 5.82. The van der Waals surface area contributed by atoms with Crippen LogP contribution in [0.1, 0.15) is 29.8 Å². The third kappa shape index (κ3) is 2.65. The fourth-order valence-electron chi connectivity index (χ4n) is 1.82. The largest absolute Gasteiger partial charge is 0.341 e. The van der Waals surface area contributed by atoms with Gasteiger partial charge in [-0.1, -0.05) is 11.6 Å². The smallest absolute Gasteiger partial charge is 0.294 e. The van der Waals surface area contributed by atoms with Gasteiger partial charge in [-0.2, -0.15) is 0 Å². The first-order chi connectivity index (χ1) is 8.22. The number of amides is 1. The number of carbonyl (C=O) groups is 1. The van der Waals surface area contributed by atoms with E-state index >= 15 is 0 Å². The Bertz CT molecular complexity index is 421.